The Morgan fingerprint density at radius 2 is 0.877 bits per heavy atom. The summed E-state index contributed by atoms with van der Waals surface area (Å²) in [5, 5.41) is 4.98. The second-order valence-electron chi connectivity index (χ2n) is 14.4. The molecule has 0 unspecified atom stereocenters. The van der Waals surface area contributed by atoms with Crippen LogP contribution in [0.25, 0.3) is 81.0 Å². The maximum absolute atomic E-state index is 2.53. The van der Waals surface area contributed by atoms with Gasteiger partial charge in [0.25, 0.3) is 0 Å². The molecule has 268 valence electrons. The zero-order chi connectivity index (χ0) is 37.7. The van der Waals surface area contributed by atoms with Crippen LogP contribution in [0, 0.1) is 0 Å². The Balaban J connectivity index is 1.26. The summed E-state index contributed by atoms with van der Waals surface area (Å²) >= 11 is 1.87. The van der Waals surface area contributed by atoms with Gasteiger partial charge in [-0.2, -0.15) is 0 Å². The minimum absolute atomic E-state index is 1.13. The van der Waals surface area contributed by atoms with Gasteiger partial charge in [0, 0.05) is 37.4 Å². The van der Waals surface area contributed by atoms with Crippen LogP contribution in [0.3, 0.4) is 0 Å². The number of anilines is 3. The number of para-hydroxylation sites is 2. The van der Waals surface area contributed by atoms with Crippen molar-refractivity contribution in [1.82, 2.24) is 4.57 Å². The molecule has 9 aromatic carbocycles. The fraction of sp³-hybridized carbons (Fsp3) is 0. The third kappa shape index (κ3) is 5.47. The van der Waals surface area contributed by atoms with Gasteiger partial charge in [0.2, 0.25) is 0 Å². The second kappa shape index (κ2) is 13.8. The number of fused-ring (bicyclic) bond motifs is 6. The van der Waals surface area contributed by atoms with E-state index in [1.54, 1.807) is 0 Å². The summed E-state index contributed by atoms with van der Waals surface area (Å²) in [6.45, 7) is 0. The Morgan fingerprint density at radius 1 is 0.351 bits per heavy atom. The molecule has 0 spiro atoms. The lowest BCUT2D eigenvalue weighted by Crippen LogP contribution is -2.12. The van der Waals surface area contributed by atoms with Crippen LogP contribution in [0.4, 0.5) is 17.1 Å². The van der Waals surface area contributed by atoms with E-state index in [9.17, 15) is 0 Å². The smallest absolute Gasteiger partial charge is 0.0640 e. The van der Waals surface area contributed by atoms with E-state index in [-0.39, 0.29) is 0 Å². The molecule has 0 radical (unpaired) electrons. The Hall–Kier alpha value is -7.20. The molecule has 11 rings (SSSR count). The first kappa shape index (κ1) is 33.2. The van der Waals surface area contributed by atoms with Crippen molar-refractivity contribution >= 4 is 70.4 Å². The minimum atomic E-state index is 1.13. The van der Waals surface area contributed by atoms with Crippen LogP contribution in [0.5, 0.6) is 0 Å². The fourth-order valence-electron chi connectivity index (χ4n) is 8.77. The van der Waals surface area contributed by atoms with Gasteiger partial charge in [-0.15, -0.1) is 11.3 Å². The maximum Gasteiger partial charge on any atom is 0.0640 e. The largest absolute Gasteiger partial charge is 0.309 e. The molecule has 0 N–H and O–H groups in total. The molecule has 57 heavy (non-hydrogen) atoms. The molecular formula is C54H36N2S. The quantitative estimate of drug-likeness (QED) is 0.158. The summed E-state index contributed by atoms with van der Waals surface area (Å²) in [5.41, 5.74) is 14.1. The summed E-state index contributed by atoms with van der Waals surface area (Å²) < 4.78 is 5.05. The molecule has 0 saturated carbocycles. The number of benzene rings is 9. The lowest BCUT2D eigenvalue weighted by Gasteiger charge is -2.29. The molecule has 0 atom stereocenters. The summed E-state index contributed by atoms with van der Waals surface area (Å²) in [6, 6.07) is 79.4. The molecule has 11 aromatic rings. The molecule has 0 amide bonds. The lowest BCUT2D eigenvalue weighted by molar-refractivity contribution is 1.18. The van der Waals surface area contributed by atoms with Crippen LogP contribution >= 0.6 is 11.3 Å². The van der Waals surface area contributed by atoms with E-state index in [0.717, 1.165) is 28.3 Å². The van der Waals surface area contributed by atoms with Crippen LogP contribution in [0.1, 0.15) is 0 Å². The van der Waals surface area contributed by atoms with Crippen molar-refractivity contribution in [3.63, 3.8) is 0 Å². The average Bonchev–Trinajstić information content (AvgIpc) is 3.84. The van der Waals surface area contributed by atoms with Gasteiger partial charge in [-0.1, -0.05) is 176 Å². The molecule has 2 heterocycles. The van der Waals surface area contributed by atoms with Crippen LogP contribution in [0.2, 0.25) is 0 Å². The zero-order valence-corrected chi connectivity index (χ0v) is 31.9. The molecule has 3 heteroatoms. The Labute approximate surface area is 335 Å². The van der Waals surface area contributed by atoms with E-state index in [1.807, 2.05) is 11.3 Å². The standard InChI is InChI=1S/C54H36N2S/c1-4-19-37(20-5-1)40-25-10-13-30-45(40)56(50-35-17-29-43-42-26-12-15-36-51(42)57-54(43)50)49-34-18-33-48-53(49)44-27-11-14-31-46(44)55(48)47-32-16-28-41(38-21-6-2-7-22-38)52(47)39-23-8-3-9-24-39/h1-36H. The third-order valence-electron chi connectivity index (χ3n) is 11.2. The average molecular weight is 745 g/mol. The van der Waals surface area contributed by atoms with E-state index in [0.29, 0.717) is 0 Å². The first-order valence-corrected chi connectivity index (χ1v) is 20.3. The monoisotopic (exact) mass is 744 g/mol. The summed E-state index contributed by atoms with van der Waals surface area (Å²) in [6.07, 6.45) is 0. The predicted molar refractivity (Wildman–Crippen MR) is 245 cm³/mol. The molecule has 0 aliphatic carbocycles. The van der Waals surface area contributed by atoms with Crippen LogP contribution in [-0.4, -0.2) is 4.57 Å². The van der Waals surface area contributed by atoms with E-state index in [4.69, 9.17) is 0 Å². The van der Waals surface area contributed by atoms with Gasteiger partial charge in [0.1, 0.15) is 0 Å². The van der Waals surface area contributed by atoms with E-state index in [1.165, 1.54) is 69.8 Å². The fourth-order valence-corrected chi connectivity index (χ4v) is 9.97. The number of nitrogens with zero attached hydrogens (tertiary/aromatic N) is 2. The highest BCUT2D eigenvalue weighted by molar-refractivity contribution is 7.26. The number of hydrogen-bond donors (Lipinski definition) is 0. The molecule has 2 nitrogen and oxygen atoms in total. The van der Waals surface area contributed by atoms with Crippen LogP contribution in [-0.2, 0) is 0 Å². The molecule has 0 bridgehead atoms. The van der Waals surface area contributed by atoms with Crippen molar-refractivity contribution in [3.05, 3.63) is 218 Å². The van der Waals surface area contributed by atoms with E-state index >= 15 is 0 Å². The van der Waals surface area contributed by atoms with Crippen molar-refractivity contribution in [1.29, 1.82) is 0 Å². The summed E-state index contributed by atoms with van der Waals surface area (Å²) in [4.78, 5) is 2.53. The van der Waals surface area contributed by atoms with Gasteiger partial charge < -0.3 is 9.47 Å². The number of thiophene rings is 1. The zero-order valence-electron chi connectivity index (χ0n) is 31.1. The molecule has 0 fully saturated rings. The molecule has 0 saturated heterocycles. The van der Waals surface area contributed by atoms with Crippen molar-refractivity contribution < 1.29 is 0 Å². The first-order valence-electron chi connectivity index (χ1n) is 19.4. The highest BCUT2D eigenvalue weighted by atomic mass is 32.1. The maximum atomic E-state index is 2.53. The third-order valence-corrected chi connectivity index (χ3v) is 12.4. The summed E-state index contributed by atoms with van der Waals surface area (Å²) in [7, 11) is 0. The Bertz CT molecular complexity index is 3230. The highest BCUT2D eigenvalue weighted by Crippen LogP contribution is 2.51. The number of hydrogen-bond acceptors (Lipinski definition) is 2. The van der Waals surface area contributed by atoms with Gasteiger partial charge >= 0.3 is 0 Å². The van der Waals surface area contributed by atoms with Gasteiger partial charge in [-0.25, -0.2) is 0 Å². The molecule has 0 aliphatic rings. The van der Waals surface area contributed by atoms with Gasteiger partial charge in [-0.3, -0.25) is 0 Å². The highest BCUT2D eigenvalue weighted by Gasteiger charge is 2.26. The SMILES string of the molecule is c1ccc(-c2ccccc2N(c2cccc3c2sc2ccccc23)c2cccc3c2c2ccccc2n3-c2cccc(-c3ccccc3)c2-c2ccccc2)cc1. The van der Waals surface area contributed by atoms with Crippen molar-refractivity contribution in [2.24, 2.45) is 0 Å². The Morgan fingerprint density at radius 3 is 1.67 bits per heavy atom. The van der Waals surface area contributed by atoms with Gasteiger partial charge in [0.15, 0.2) is 0 Å². The van der Waals surface area contributed by atoms with E-state index < -0.39 is 0 Å². The molecular weight excluding hydrogens is 709 g/mol. The Kier molecular flexibility index (Phi) is 8.04. The lowest BCUT2D eigenvalue weighted by atomic mass is 9.93. The second-order valence-corrected chi connectivity index (χ2v) is 15.5. The van der Waals surface area contributed by atoms with Crippen molar-refractivity contribution in [2.75, 3.05) is 4.90 Å². The number of aromatic nitrogens is 1. The van der Waals surface area contributed by atoms with Gasteiger partial charge in [0.05, 0.1) is 38.5 Å². The van der Waals surface area contributed by atoms with Crippen LogP contribution < -0.4 is 4.90 Å². The topological polar surface area (TPSA) is 8.17 Å². The van der Waals surface area contributed by atoms with Gasteiger partial charge in [-0.05, 0) is 64.7 Å². The first-order chi connectivity index (χ1) is 28.3. The van der Waals surface area contributed by atoms with Crippen molar-refractivity contribution in [2.45, 2.75) is 0 Å². The minimum Gasteiger partial charge on any atom is -0.309 e. The van der Waals surface area contributed by atoms with Crippen molar-refractivity contribution in [3.8, 4) is 39.1 Å². The normalized spacial score (nSPS) is 11.5. The predicted octanol–water partition coefficient (Wildman–Crippen LogP) is 15.6. The summed E-state index contributed by atoms with van der Waals surface area (Å²) in [5.74, 6) is 0. The van der Waals surface area contributed by atoms with E-state index in [2.05, 4.69) is 228 Å². The molecule has 2 aromatic heterocycles. The molecule has 0 aliphatic heterocycles. The number of rotatable bonds is 7. The van der Waals surface area contributed by atoms with Crippen LogP contribution in [0.15, 0.2) is 218 Å².